The molecule has 0 atom stereocenters. The van der Waals surface area contributed by atoms with Gasteiger partial charge >= 0.3 is 0 Å². The van der Waals surface area contributed by atoms with Crippen molar-refractivity contribution in [1.29, 1.82) is 0 Å². The molecule has 5 nitrogen and oxygen atoms in total. The molecular formula is C14H17N3O2. The van der Waals surface area contributed by atoms with Crippen LogP contribution in [-0.2, 0) is 11.4 Å². The zero-order valence-corrected chi connectivity index (χ0v) is 11.3. The van der Waals surface area contributed by atoms with Crippen LogP contribution in [0, 0.1) is 6.92 Å². The Morgan fingerprint density at radius 1 is 1.37 bits per heavy atom. The summed E-state index contributed by atoms with van der Waals surface area (Å²) in [6, 6.07) is 11.7. The largest absolute Gasteiger partial charge is 0.295 e. The summed E-state index contributed by atoms with van der Waals surface area (Å²) in [5.41, 5.74) is 2.43. The van der Waals surface area contributed by atoms with Crippen molar-refractivity contribution in [1.82, 2.24) is 14.8 Å². The zero-order chi connectivity index (χ0) is 13.8. The highest BCUT2D eigenvalue weighted by Crippen LogP contribution is 2.10. The van der Waals surface area contributed by atoms with Gasteiger partial charge in [-0.3, -0.25) is 14.3 Å². The highest BCUT2D eigenvalue weighted by Gasteiger charge is 2.18. The third-order valence-electron chi connectivity index (χ3n) is 2.86. The highest BCUT2D eigenvalue weighted by atomic mass is 16.7. The van der Waals surface area contributed by atoms with E-state index in [9.17, 15) is 4.79 Å². The summed E-state index contributed by atoms with van der Waals surface area (Å²) >= 11 is 0. The summed E-state index contributed by atoms with van der Waals surface area (Å²) in [6.45, 7) is 2.43. The first-order valence-electron chi connectivity index (χ1n) is 6.02. The summed E-state index contributed by atoms with van der Waals surface area (Å²) in [5.74, 6) is -0.209. The maximum absolute atomic E-state index is 12.1. The molecule has 0 N–H and O–H groups in total. The predicted octanol–water partition coefficient (Wildman–Crippen LogP) is 1.87. The molecule has 1 amide bonds. The molecule has 0 bridgehead atoms. The monoisotopic (exact) mass is 259 g/mol. The Morgan fingerprint density at radius 3 is 2.68 bits per heavy atom. The van der Waals surface area contributed by atoms with Crippen LogP contribution in [0.3, 0.4) is 0 Å². The van der Waals surface area contributed by atoms with Crippen LogP contribution in [0.5, 0.6) is 0 Å². The SMILES string of the molecule is CON(C)C(=O)c1cc(C)nn1Cc1ccccc1. The van der Waals surface area contributed by atoms with E-state index in [2.05, 4.69) is 5.10 Å². The van der Waals surface area contributed by atoms with Crippen LogP contribution >= 0.6 is 0 Å². The first-order chi connectivity index (χ1) is 9.11. The van der Waals surface area contributed by atoms with E-state index in [4.69, 9.17) is 4.84 Å². The molecule has 100 valence electrons. The van der Waals surface area contributed by atoms with Crippen LogP contribution in [-0.4, -0.2) is 34.9 Å². The number of aryl methyl sites for hydroxylation is 1. The van der Waals surface area contributed by atoms with E-state index in [1.165, 1.54) is 12.2 Å². The van der Waals surface area contributed by atoms with E-state index in [-0.39, 0.29) is 5.91 Å². The highest BCUT2D eigenvalue weighted by molar-refractivity contribution is 5.91. The van der Waals surface area contributed by atoms with E-state index in [0.717, 1.165) is 11.3 Å². The molecule has 2 rings (SSSR count). The van der Waals surface area contributed by atoms with Crippen molar-refractivity contribution in [2.45, 2.75) is 13.5 Å². The minimum atomic E-state index is -0.209. The third-order valence-corrected chi connectivity index (χ3v) is 2.86. The number of carbonyl (C=O) groups is 1. The van der Waals surface area contributed by atoms with Crippen LogP contribution in [0.25, 0.3) is 0 Å². The van der Waals surface area contributed by atoms with Crippen molar-refractivity contribution < 1.29 is 9.63 Å². The number of hydroxylamine groups is 2. The minimum absolute atomic E-state index is 0.209. The summed E-state index contributed by atoms with van der Waals surface area (Å²) in [4.78, 5) is 17.1. The van der Waals surface area contributed by atoms with Crippen LogP contribution in [0.1, 0.15) is 21.7 Å². The van der Waals surface area contributed by atoms with Crippen LogP contribution in [0.2, 0.25) is 0 Å². The van der Waals surface area contributed by atoms with Gasteiger partial charge in [0.1, 0.15) is 5.69 Å². The zero-order valence-electron chi connectivity index (χ0n) is 11.3. The standard InChI is InChI=1S/C14H17N3O2/c1-11-9-13(14(18)16(2)19-3)17(15-11)10-12-7-5-4-6-8-12/h4-9H,10H2,1-3H3. The van der Waals surface area contributed by atoms with Crippen molar-refractivity contribution in [3.8, 4) is 0 Å². The Kier molecular flexibility index (Phi) is 3.97. The van der Waals surface area contributed by atoms with E-state index in [0.29, 0.717) is 12.2 Å². The Bertz CT molecular complexity index is 563. The minimum Gasteiger partial charge on any atom is -0.274 e. The van der Waals surface area contributed by atoms with Gasteiger partial charge in [-0.15, -0.1) is 0 Å². The number of benzene rings is 1. The number of hydrogen-bond acceptors (Lipinski definition) is 3. The van der Waals surface area contributed by atoms with Crippen molar-refractivity contribution in [2.24, 2.45) is 0 Å². The van der Waals surface area contributed by atoms with Crippen LogP contribution in [0.15, 0.2) is 36.4 Å². The van der Waals surface area contributed by atoms with Gasteiger partial charge in [-0.25, -0.2) is 5.06 Å². The lowest BCUT2D eigenvalue weighted by Crippen LogP contribution is -2.28. The topological polar surface area (TPSA) is 47.4 Å². The van der Waals surface area contributed by atoms with Crippen molar-refractivity contribution in [2.75, 3.05) is 14.2 Å². The second-order valence-corrected chi connectivity index (χ2v) is 4.30. The van der Waals surface area contributed by atoms with Crippen molar-refractivity contribution >= 4 is 5.91 Å². The fraction of sp³-hybridized carbons (Fsp3) is 0.286. The molecular weight excluding hydrogens is 242 g/mol. The van der Waals surface area contributed by atoms with Gasteiger partial charge in [0.25, 0.3) is 5.91 Å². The lowest BCUT2D eigenvalue weighted by atomic mass is 10.2. The van der Waals surface area contributed by atoms with Gasteiger partial charge in [0.05, 0.1) is 19.3 Å². The molecule has 0 aliphatic carbocycles. The normalized spacial score (nSPS) is 10.5. The van der Waals surface area contributed by atoms with E-state index >= 15 is 0 Å². The van der Waals surface area contributed by atoms with Crippen LogP contribution in [0.4, 0.5) is 0 Å². The lowest BCUT2D eigenvalue weighted by molar-refractivity contribution is -0.0763. The van der Waals surface area contributed by atoms with Crippen molar-refractivity contribution in [3.63, 3.8) is 0 Å². The summed E-state index contributed by atoms with van der Waals surface area (Å²) < 4.78 is 1.70. The maximum Gasteiger partial charge on any atom is 0.295 e. The molecule has 0 fully saturated rings. The molecule has 0 saturated carbocycles. The van der Waals surface area contributed by atoms with Gasteiger partial charge in [0, 0.05) is 7.05 Å². The molecule has 0 saturated heterocycles. The molecule has 19 heavy (non-hydrogen) atoms. The molecule has 2 aromatic rings. The summed E-state index contributed by atoms with van der Waals surface area (Å²) in [7, 11) is 3.04. The Morgan fingerprint density at radius 2 is 2.05 bits per heavy atom. The van der Waals surface area contributed by atoms with E-state index < -0.39 is 0 Å². The molecule has 0 unspecified atom stereocenters. The first kappa shape index (κ1) is 13.3. The Hall–Kier alpha value is -2.14. The molecule has 0 spiro atoms. The third kappa shape index (κ3) is 3.00. The smallest absolute Gasteiger partial charge is 0.274 e. The molecule has 1 heterocycles. The van der Waals surface area contributed by atoms with Gasteiger partial charge in [-0.2, -0.15) is 5.10 Å². The lowest BCUT2D eigenvalue weighted by Gasteiger charge is -2.14. The fourth-order valence-corrected chi connectivity index (χ4v) is 1.84. The number of hydrogen-bond donors (Lipinski definition) is 0. The fourth-order valence-electron chi connectivity index (χ4n) is 1.84. The summed E-state index contributed by atoms with van der Waals surface area (Å²) in [6.07, 6.45) is 0. The number of amides is 1. The Balaban J connectivity index is 2.29. The predicted molar refractivity (Wildman–Crippen MR) is 71.6 cm³/mol. The maximum atomic E-state index is 12.1. The van der Waals surface area contributed by atoms with Crippen LogP contribution < -0.4 is 0 Å². The average molecular weight is 259 g/mol. The molecule has 0 aliphatic heterocycles. The number of aromatic nitrogens is 2. The summed E-state index contributed by atoms with van der Waals surface area (Å²) in [5, 5.41) is 5.55. The van der Waals surface area contributed by atoms with Gasteiger partial charge in [0.15, 0.2) is 0 Å². The molecule has 5 heteroatoms. The quantitative estimate of drug-likeness (QED) is 0.788. The van der Waals surface area contributed by atoms with Gasteiger partial charge < -0.3 is 0 Å². The van der Waals surface area contributed by atoms with E-state index in [1.54, 1.807) is 17.8 Å². The second-order valence-electron chi connectivity index (χ2n) is 4.30. The Labute approximate surface area is 112 Å². The van der Waals surface area contributed by atoms with Crippen molar-refractivity contribution in [3.05, 3.63) is 53.3 Å². The molecule has 1 aromatic carbocycles. The second kappa shape index (κ2) is 5.67. The van der Waals surface area contributed by atoms with Gasteiger partial charge in [0.2, 0.25) is 0 Å². The molecule has 0 radical (unpaired) electrons. The van der Waals surface area contributed by atoms with Gasteiger partial charge in [-0.1, -0.05) is 30.3 Å². The van der Waals surface area contributed by atoms with Gasteiger partial charge in [-0.05, 0) is 18.6 Å². The number of carbonyl (C=O) groups excluding carboxylic acids is 1. The molecule has 1 aromatic heterocycles. The number of nitrogens with zero attached hydrogens (tertiary/aromatic N) is 3. The first-order valence-corrected chi connectivity index (χ1v) is 6.02. The average Bonchev–Trinajstić information content (AvgIpc) is 2.79. The molecule has 0 aliphatic rings. The van der Waals surface area contributed by atoms with E-state index in [1.807, 2.05) is 37.3 Å². The number of rotatable bonds is 4.